The van der Waals surface area contributed by atoms with Crippen molar-refractivity contribution in [2.45, 2.75) is 6.42 Å². The Morgan fingerprint density at radius 1 is 1.58 bits per heavy atom. The predicted octanol–water partition coefficient (Wildman–Crippen LogP) is 0.268. The molecule has 1 rings (SSSR count). The first kappa shape index (κ1) is 8.60. The molecule has 0 spiro atoms. The summed E-state index contributed by atoms with van der Waals surface area (Å²) in [4.78, 5) is 0. The maximum Gasteiger partial charge on any atom is 0.128 e. The molecule has 0 aliphatic carbocycles. The van der Waals surface area contributed by atoms with Crippen LogP contribution in [0.15, 0.2) is 12.1 Å². The lowest BCUT2D eigenvalue weighted by Crippen LogP contribution is -2.13. The van der Waals surface area contributed by atoms with Crippen LogP contribution in [0.1, 0.15) is 5.56 Å². The van der Waals surface area contributed by atoms with Crippen LogP contribution in [-0.4, -0.2) is 7.85 Å². The standard InChI is InChI=1S/C8H6BFN2/c9-7-3-5(12)4-8(10)6(7)1-2-11/h3-4H,1,12H2. The van der Waals surface area contributed by atoms with Gasteiger partial charge in [-0.3, -0.25) is 0 Å². The van der Waals surface area contributed by atoms with Crippen molar-refractivity contribution in [3.05, 3.63) is 23.5 Å². The third-order valence-electron chi connectivity index (χ3n) is 1.51. The van der Waals surface area contributed by atoms with Crippen LogP contribution in [0.5, 0.6) is 0 Å². The number of anilines is 1. The molecule has 0 unspecified atom stereocenters. The van der Waals surface area contributed by atoms with Gasteiger partial charge in [0.1, 0.15) is 13.7 Å². The minimum absolute atomic E-state index is 0.0298. The van der Waals surface area contributed by atoms with Crippen molar-refractivity contribution in [1.29, 1.82) is 5.26 Å². The van der Waals surface area contributed by atoms with Crippen LogP contribution < -0.4 is 11.2 Å². The fourth-order valence-electron chi connectivity index (χ4n) is 0.945. The summed E-state index contributed by atoms with van der Waals surface area (Å²) in [6.45, 7) is 0. The van der Waals surface area contributed by atoms with E-state index in [9.17, 15) is 4.39 Å². The maximum absolute atomic E-state index is 13.0. The molecule has 2 radical (unpaired) electrons. The highest BCUT2D eigenvalue weighted by molar-refractivity contribution is 6.33. The van der Waals surface area contributed by atoms with Crippen LogP contribution in [0.25, 0.3) is 0 Å². The normalized spacial score (nSPS) is 9.33. The molecule has 0 atom stereocenters. The summed E-state index contributed by atoms with van der Waals surface area (Å²) in [5.74, 6) is -0.519. The van der Waals surface area contributed by atoms with Gasteiger partial charge >= 0.3 is 0 Å². The Balaban J connectivity index is 3.21. The van der Waals surface area contributed by atoms with Crippen LogP contribution in [-0.2, 0) is 6.42 Å². The highest BCUT2D eigenvalue weighted by Gasteiger charge is 2.05. The van der Waals surface area contributed by atoms with E-state index in [4.69, 9.17) is 18.8 Å². The lowest BCUT2D eigenvalue weighted by Gasteiger charge is -2.04. The zero-order chi connectivity index (χ0) is 9.14. The van der Waals surface area contributed by atoms with Gasteiger partial charge < -0.3 is 5.73 Å². The fraction of sp³-hybridized carbons (Fsp3) is 0.125. The summed E-state index contributed by atoms with van der Waals surface area (Å²) in [5, 5.41) is 8.33. The molecule has 4 heteroatoms. The lowest BCUT2D eigenvalue weighted by atomic mass is 9.88. The molecule has 12 heavy (non-hydrogen) atoms. The van der Waals surface area contributed by atoms with Crippen LogP contribution >= 0.6 is 0 Å². The van der Waals surface area contributed by atoms with Gasteiger partial charge in [0.05, 0.1) is 12.5 Å². The smallest absolute Gasteiger partial charge is 0.128 e. The first-order valence-corrected chi connectivity index (χ1v) is 3.35. The third kappa shape index (κ3) is 1.56. The number of nitriles is 1. The molecule has 0 bridgehead atoms. The van der Waals surface area contributed by atoms with Gasteiger partial charge in [0, 0.05) is 5.69 Å². The minimum Gasteiger partial charge on any atom is -0.399 e. The number of nitrogen functional groups attached to an aromatic ring is 1. The van der Waals surface area contributed by atoms with Gasteiger partial charge in [0.2, 0.25) is 0 Å². The number of nitrogens with zero attached hydrogens (tertiary/aromatic N) is 1. The first-order chi connectivity index (χ1) is 5.65. The second kappa shape index (κ2) is 3.27. The molecule has 1 aromatic rings. The first-order valence-electron chi connectivity index (χ1n) is 3.35. The molecule has 0 amide bonds. The van der Waals surface area contributed by atoms with Crippen LogP contribution in [0.3, 0.4) is 0 Å². The average molecular weight is 160 g/mol. The van der Waals surface area contributed by atoms with Gasteiger partial charge in [0.15, 0.2) is 0 Å². The fourth-order valence-corrected chi connectivity index (χ4v) is 0.945. The zero-order valence-electron chi connectivity index (χ0n) is 6.34. The molecule has 2 nitrogen and oxygen atoms in total. The van der Waals surface area contributed by atoms with Crippen molar-refractivity contribution < 1.29 is 4.39 Å². The monoisotopic (exact) mass is 160 g/mol. The van der Waals surface area contributed by atoms with E-state index in [0.717, 1.165) is 6.07 Å². The van der Waals surface area contributed by atoms with Gasteiger partial charge in [-0.05, 0) is 17.7 Å². The van der Waals surface area contributed by atoms with E-state index in [1.165, 1.54) is 6.07 Å². The van der Waals surface area contributed by atoms with E-state index >= 15 is 0 Å². The average Bonchev–Trinajstić information content (AvgIpc) is 1.96. The molecule has 0 aliphatic heterocycles. The summed E-state index contributed by atoms with van der Waals surface area (Å²) in [7, 11) is 5.44. The second-order valence-corrected chi connectivity index (χ2v) is 2.41. The summed E-state index contributed by atoms with van der Waals surface area (Å²) in [6, 6.07) is 4.42. The molecule has 58 valence electrons. The third-order valence-corrected chi connectivity index (χ3v) is 1.51. The molecular weight excluding hydrogens is 154 g/mol. The Hall–Kier alpha value is -1.50. The van der Waals surface area contributed by atoms with Gasteiger partial charge in [-0.2, -0.15) is 5.26 Å². The zero-order valence-corrected chi connectivity index (χ0v) is 6.34. The molecular formula is C8H6BFN2. The van der Waals surface area contributed by atoms with Crippen LogP contribution in [0.4, 0.5) is 10.1 Å². The molecule has 1 aromatic carbocycles. The van der Waals surface area contributed by atoms with Crippen LogP contribution in [0.2, 0.25) is 0 Å². The Bertz CT molecular complexity index is 320. The number of halogens is 1. The maximum atomic E-state index is 13.0. The lowest BCUT2D eigenvalue weighted by molar-refractivity contribution is 0.617. The van der Waals surface area contributed by atoms with E-state index in [-0.39, 0.29) is 23.1 Å². The van der Waals surface area contributed by atoms with Gasteiger partial charge in [0.25, 0.3) is 0 Å². The quantitative estimate of drug-likeness (QED) is 0.473. The topological polar surface area (TPSA) is 49.8 Å². The largest absolute Gasteiger partial charge is 0.399 e. The number of benzene rings is 1. The summed E-state index contributed by atoms with van der Waals surface area (Å²) in [6.07, 6.45) is -0.0298. The van der Waals surface area contributed by atoms with Crippen molar-refractivity contribution in [3.63, 3.8) is 0 Å². The minimum atomic E-state index is -0.519. The predicted molar refractivity (Wildman–Crippen MR) is 45.5 cm³/mol. The molecule has 2 N–H and O–H groups in total. The molecule has 0 saturated carbocycles. The van der Waals surface area contributed by atoms with Crippen LogP contribution in [0, 0.1) is 17.1 Å². The van der Waals surface area contributed by atoms with Crippen molar-refractivity contribution in [2.24, 2.45) is 0 Å². The molecule has 0 aromatic heterocycles. The molecule has 0 fully saturated rings. The van der Waals surface area contributed by atoms with Gasteiger partial charge in [-0.15, -0.1) is 0 Å². The highest BCUT2D eigenvalue weighted by atomic mass is 19.1. The number of nitrogens with two attached hydrogens (primary N) is 1. The van der Waals surface area contributed by atoms with E-state index < -0.39 is 5.82 Å². The van der Waals surface area contributed by atoms with E-state index in [0.29, 0.717) is 0 Å². The van der Waals surface area contributed by atoms with Gasteiger partial charge in [-0.1, -0.05) is 5.46 Å². The van der Waals surface area contributed by atoms with Crippen molar-refractivity contribution in [3.8, 4) is 6.07 Å². The highest BCUT2D eigenvalue weighted by Crippen LogP contribution is 2.09. The van der Waals surface area contributed by atoms with E-state index in [1.807, 2.05) is 6.07 Å². The van der Waals surface area contributed by atoms with E-state index in [2.05, 4.69) is 0 Å². The molecule has 0 heterocycles. The summed E-state index contributed by atoms with van der Waals surface area (Å²) in [5.41, 5.74) is 6.04. The summed E-state index contributed by atoms with van der Waals surface area (Å²) >= 11 is 0. The van der Waals surface area contributed by atoms with Gasteiger partial charge in [-0.25, -0.2) is 4.39 Å². The SMILES string of the molecule is [B]c1cc(N)cc(F)c1CC#N. The molecule has 0 aliphatic rings. The Labute approximate surface area is 71.2 Å². The number of hydrogen-bond acceptors (Lipinski definition) is 2. The number of hydrogen-bond donors (Lipinski definition) is 1. The van der Waals surface area contributed by atoms with Crippen molar-refractivity contribution >= 4 is 19.0 Å². The van der Waals surface area contributed by atoms with Crippen molar-refractivity contribution in [2.75, 3.05) is 5.73 Å². The Kier molecular flexibility index (Phi) is 2.34. The Morgan fingerprint density at radius 3 is 2.75 bits per heavy atom. The van der Waals surface area contributed by atoms with Crippen molar-refractivity contribution in [1.82, 2.24) is 0 Å². The van der Waals surface area contributed by atoms with E-state index in [1.54, 1.807) is 0 Å². The summed E-state index contributed by atoms with van der Waals surface area (Å²) < 4.78 is 13.0. The second-order valence-electron chi connectivity index (χ2n) is 2.41. The Morgan fingerprint density at radius 2 is 2.25 bits per heavy atom. The number of rotatable bonds is 1. The molecule has 0 saturated heterocycles.